The Morgan fingerprint density at radius 2 is 2.33 bits per heavy atom. The highest BCUT2D eigenvalue weighted by molar-refractivity contribution is 5.78. The summed E-state index contributed by atoms with van der Waals surface area (Å²) in [6, 6.07) is 0.477. The maximum absolute atomic E-state index is 11.5. The van der Waals surface area contributed by atoms with Gasteiger partial charge in [-0.3, -0.25) is 4.90 Å². The van der Waals surface area contributed by atoms with E-state index in [0.717, 1.165) is 26.1 Å². The number of hydrogen-bond acceptors (Lipinski definition) is 5. The summed E-state index contributed by atoms with van der Waals surface area (Å²) in [5.41, 5.74) is -1.43. The summed E-state index contributed by atoms with van der Waals surface area (Å²) < 4.78 is 4.63. The van der Waals surface area contributed by atoms with Crippen LogP contribution in [0, 0.1) is 0 Å². The van der Waals surface area contributed by atoms with Gasteiger partial charge in [-0.25, -0.2) is 4.79 Å². The molecule has 2 N–H and O–H groups in total. The lowest BCUT2D eigenvalue weighted by Gasteiger charge is -2.31. The first-order chi connectivity index (χ1) is 8.49. The molecular formula is C13H26N2O3. The van der Waals surface area contributed by atoms with Crippen LogP contribution in [-0.2, 0) is 9.53 Å². The van der Waals surface area contributed by atoms with Gasteiger partial charge < -0.3 is 15.2 Å². The number of methoxy groups -OCH3 is 1. The van der Waals surface area contributed by atoms with E-state index in [1.54, 1.807) is 0 Å². The van der Waals surface area contributed by atoms with Gasteiger partial charge in [0.05, 0.1) is 7.11 Å². The topological polar surface area (TPSA) is 61.8 Å². The van der Waals surface area contributed by atoms with E-state index in [2.05, 4.69) is 21.9 Å². The van der Waals surface area contributed by atoms with Crippen molar-refractivity contribution in [3.05, 3.63) is 0 Å². The molecule has 106 valence electrons. The zero-order valence-corrected chi connectivity index (χ0v) is 11.7. The molecule has 5 nitrogen and oxygen atoms in total. The first-order valence-electron chi connectivity index (χ1n) is 6.76. The van der Waals surface area contributed by atoms with E-state index in [4.69, 9.17) is 0 Å². The summed E-state index contributed by atoms with van der Waals surface area (Å²) in [6.07, 6.45) is 3.38. The third kappa shape index (κ3) is 4.55. The van der Waals surface area contributed by atoms with Crippen LogP contribution in [0.1, 0.15) is 33.1 Å². The molecule has 0 radical (unpaired) electrons. The van der Waals surface area contributed by atoms with Gasteiger partial charge in [0.15, 0.2) is 5.60 Å². The van der Waals surface area contributed by atoms with Crippen LogP contribution in [0.25, 0.3) is 0 Å². The van der Waals surface area contributed by atoms with Crippen LogP contribution in [0.5, 0.6) is 0 Å². The highest BCUT2D eigenvalue weighted by Gasteiger charge is 2.34. The van der Waals surface area contributed by atoms with Crippen LogP contribution in [-0.4, -0.2) is 60.9 Å². The van der Waals surface area contributed by atoms with Crippen molar-refractivity contribution >= 4 is 5.97 Å². The Balaban J connectivity index is 2.52. The summed E-state index contributed by atoms with van der Waals surface area (Å²) in [4.78, 5) is 13.6. The monoisotopic (exact) mass is 258 g/mol. The number of aliphatic hydroxyl groups is 1. The molecule has 0 saturated carbocycles. The molecule has 0 aromatic heterocycles. The number of esters is 1. The molecule has 0 aliphatic carbocycles. The minimum atomic E-state index is -1.43. The largest absolute Gasteiger partial charge is 0.467 e. The van der Waals surface area contributed by atoms with E-state index in [1.165, 1.54) is 26.9 Å². The van der Waals surface area contributed by atoms with Crippen LogP contribution < -0.4 is 5.32 Å². The normalized spacial score (nSPS) is 23.1. The van der Waals surface area contributed by atoms with Gasteiger partial charge in [-0.15, -0.1) is 0 Å². The highest BCUT2D eigenvalue weighted by Crippen LogP contribution is 2.12. The van der Waals surface area contributed by atoms with Crippen molar-refractivity contribution in [2.24, 2.45) is 0 Å². The number of carbonyl (C=O) groups is 1. The number of nitrogens with one attached hydrogen (secondary N) is 1. The molecule has 18 heavy (non-hydrogen) atoms. The predicted molar refractivity (Wildman–Crippen MR) is 70.4 cm³/mol. The molecule has 1 fully saturated rings. The lowest BCUT2D eigenvalue weighted by Crippen LogP contribution is -2.50. The molecule has 0 aromatic rings. The van der Waals surface area contributed by atoms with Crippen molar-refractivity contribution in [3.63, 3.8) is 0 Å². The van der Waals surface area contributed by atoms with Crippen molar-refractivity contribution in [2.45, 2.75) is 44.8 Å². The molecule has 0 bridgehead atoms. The summed E-state index contributed by atoms with van der Waals surface area (Å²) in [5, 5.41) is 13.6. The number of hydrogen-bond donors (Lipinski definition) is 2. The predicted octanol–water partition coefficient (Wildman–Crippen LogP) is 0.374. The molecule has 5 heteroatoms. The van der Waals surface area contributed by atoms with Gasteiger partial charge >= 0.3 is 5.97 Å². The average Bonchev–Trinajstić information content (AvgIpc) is 2.80. The third-order valence-electron chi connectivity index (χ3n) is 3.34. The van der Waals surface area contributed by atoms with Gasteiger partial charge in [0.2, 0.25) is 0 Å². The number of rotatable bonds is 7. The molecule has 1 aliphatic heterocycles. The van der Waals surface area contributed by atoms with Gasteiger partial charge in [-0.2, -0.15) is 0 Å². The second-order valence-corrected chi connectivity index (χ2v) is 5.29. The first kappa shape index (κ1) is 15.4. The van der Waals surface area contributed by atoms with E-state index in [9.17, 15) is 9.90 Å². The minimum Gasteiger partial charge on any atom is -0.467 e. The molecule has 1 aliphatic rings. The SMILES string of the molecule is CCCN(CC1CCCN1)CC(C)(O)C(=O)OC. The zero-order chi connectivity index (χ0) is 13.6. The Hall–Kier alpha value is -0.650. The number of carbonyl (C=O) groups excluding carboxylic acids is 1. The van der Waals surface area contributed by atoms with Gasteiger partial charge in [0.1, 0.15) is 0 Å². The van der Waals surface area contributed by atoms with E-state index in [1.807, 2.05) is 0 Å². The standard InChI is InChI=1S/C13H26N2O3/c1-4-8-15(9-11-6-5-7-14-11)10-13(2,17)12(16)18-3/h11,14,17H,4-10H2,1-3H3. The van der Waals surface area contributed by atoms with E-state index in [0.29, 0.717) is 12.6 Å². The Morgan fingerprint density at radius 3 is 2.83 bits per heavy atom. The molecule has 2 atom stereocenters. The first-order valence-corrected chi connectivity index (χ1v) is 6.76. The Morgan fingerprint density at radius 1 is 1.61 bits per heavy atom. The summed E-state index contributed by atoms with van der Waals surface area (Å²) in [6.45, 7) is 6.77. The average molecular weight is 258 g/mol. The highest BCUT2D eigenvalue weighted by atomic mass is 16.5. The van der Waals surface area contributed by atoms with Crippen LogP contribution in [0.4, 0.5) is 0 Å². The Kier molecular flexibility index (Phi) is 6.05. The number of nitrogens with zero attached hydrogens (tertiary/aromatic N) is 1. The molecule has 1 rings (SSSR count). The van der Waals surface area contributed by atoms with Crippen molar-refractivity contribution in [1.29, 1.82) is 0 Å². The second-order valence-electron chi connectivity index (χ2n) is 5.29. The molecule has 0 amide bonds. The van der Waals surface area contributed by atoms with E-state index in [-0.39, 0.29) is 0 Å². The van der Waals surface area contributed by atoms with Gasteiger partial charge in [0, 0.05) is 19.1 Å². The maximum Gasteiger partial charge on any atom is 0.338 e. The third-order valence-corrected chi connectivity index (χ3v) is 3.34. The molecular weight excluding hydrogens is 232 g/mol. The lowest BCUT2D eigenvalue weighted by molar-refractivity contribution is -0.162. The molecule has 1 heterocycles. The summed E-state index contributed by atoms with van der Waals surface area (Å²) >= 11 is 0. The van der Waals surface area contributed by atoms with Crippen molar-refractivity contribution in [1.82, 2.24) is 10.2 Å². The fourth-order valence-electron chi connectivity index (χ4n) is 2.50. The van der Waals surface area contributed by atoms with Crippen LogP contribution in [0.15, 0.2) is 0 Å². The van der Waals surface area contributed by atoms with Crippen LogP contribution in [0.3, 0.4) is 0 Å². The Labute approximate surface area is 109 Å². The number of ether oxygens (including phenoxy) is 1. The van der Waals surface area contributed by atoms with Crippen molar-refractivity contribution in [3.8, 4) is 0 Å². The lowest BCUT2D eigenvalue weighted by atomic mass is 10.1. The Bertz CT molecular complexity index is 263. The van der Waals surface area contributed by atoms with Crippen LogP contribution >= 0.6 is 0 Å². The van der Waals surface area contributed by atoms with E-state index < -0.39 is 11.6 Å². The quantitative estimate of drug-likeness (QED) is 0.646. The fraction of sp³-hybridized carbons (Fsp3) is 0.923. The fourth-order valence-corrected chi connectivity index (χ4v) is 2.50. The molecule has 2 unspecified atom stereocenters. The van der Waals surface area contributed by atoms with E-state index >= 15 is 0 Å². The summed E-state index contributed by atoms with van der Waals surface area (Å²) in [7, 11) is 1.31. The van der Waals surface area contributed by atoms with Gasteiger partial charge in [0.25, 0.3) is 0 Å². The van der Waals surface area contributed by atoms with Crippen molar-refractivity contribution in [2.75, 3.05) is 33.3 Å². The maximum atomic E-state index is 11.5. The minimum absolute atomic E-state index is 0.325. The van der Waals surface area contributed by atoms with Crippen molar-refractivity contribution < 1.29 is 14.6 Å². The molecule has 0 spiro atoms. The molecule has 0 aromatic carbocycles. The van der Waals surface area contributed by atoms with Crippen LogP contribution in [0.2, 0.25) is 0 Å². The van der Waals surface area contributed by atoms with Gasteiger partial charge in [-0.1, -0.05) is 6.92 Å². The second kappa shape index (κ2) is 7.07. The molecule has 1 saturated heterocycles. The smallest absolute Gasteiger partial charge is 0.338 e. The summed E-state index contributed by atoms with van der Waals surface area (Å²) in [5.74, 6) is -0.567. The zero-order valence-electron chi connectivity index (χ0n) is 11.7. The van der Waals surface area contributed by atoms with Gasteiger partial charge in [-0.05, 0) is 39.3 Å².